The lowest BCUT2D eigenvalue weighted by atomic mass is 10.2. The largest absolute Gasteiger partial charge is 0.494 e. The quantitative estimate of drug-likeness (QED) is 0.241. The highest BCUT2D eigenvalue weighted by molar-refractivity contribution is 7.80. The normalized spacial score (nSPS) is 10.1. The van der Waals surface area contributed by atoms with Gasteiger partial charge in [0.05, 0.1) is 12.2 Å². The number of hydrogen-bond acceptors (Lipinski definition) is 5. The van der Waals surface area contributed by atoms with E-state index in [1.165, 1.54) is 0 Å². The minimum absolute atomic E-state index is 0.0377. The molecule has 0 aromatic heterocycles. The van der Waals surface area contributed by atoms with Gasteiger partial charge in [-0.05, 0) is 60.6 Å². The van der Waals surface area contributed by atoms with Gasteiger partial charge in [0.15, 0.2) is 5.11 Å². The van der Waals surface area contributed by atoms with Gasteiger partial charge in [0.25, 0.3) is 11.8 Å². The monoisotopic (exact) mass is 477 g/mol. The van der Waals surface area contributed by atoms with Gasteiger partial charge in [-0.1, -0.05) is 55.8 Å². The van der Waals surface area contributed by atoms with Crippen LogP contribution in [0.4, 0.5) is 0 Å². The molecule has 0 aliphatic carbocycles. The highest BCUT2D eigenvalue weighted by atomic mass is 32.1. The minimum atomic E-state index is -0.450. The smallest absolute Gasteiger partial charge is 0.273 e. The van der Waals surface area contributed by atoms with Gasteiger partial charge in [-0.25, -0.2) is 0 Å². The van der Waals surface area contributed by atoms with Gasteiger partial charge in [0.2, 0.25) is 0 Å². The lowest BCUT2D eigenvalue weighted by Gasteiger charge is -2.14. The fourth-order valence-electron chi connectivity index (χ4n) is 2.94. The Bertz CT molecular complexity index is 1100. The molecule has 0 aliphatic heterocycles. The number of thiocarbonyl (C=S) groups is 1. The molecule has 0 unspecified atom stereocenters. The van der Waals surface area contributed by atoms with Crippen LogP contribution in [0.5, 0.6) is 11.5 Å². The summed E-state index contributed by atoms with van der Waals surface area (Å²) in [4.78, 5) is 25.0. The van der Waals surface area contributed by atoms with Crippen LogP contribution >= 0.6 is 12.2 Å². The van der Waals surface area contributed by atoms with Crippen molar-refractivity contribution >= 4 is 29.1 Å². The van der Waals surface area contributed by atoms with Crippen LogP contribution in [0, 0.1) is 0 Å². The average Bonchev–Trinajstić information content (AvgIpc) is 2.87. The standard InChI is InChI=1S/C26H27N3O4S/c1-2-3-17-32-21-15-13-20(14-16-21)24(30)27-26(34)29-28-25(31)22-11-7-8-12-23(22)33-18-19-9-5-4-6-10-19/h4-16H,2-3,17-18H2,1H3,(H,28,31)(H2,27,29,30,34). The van der Waals surface area contributed by atoms with Crippen molar-refractivity contribution in [3.8, 4) is 11.5 Å². The predicted molar refractivity (Wildman–Crippen MR) is 135 cm³/mol. The van der Waals surface area contributed by atoms with Crippen LogP contribution < -0.4 is 25.6 Å². The maximum atomic E-state index is 12.6. The van der Waals surface area contributed by atoms with Crippen molar-refractivity contribution in [2.24, 2.45) is 0 Å². The van der Waals surface area contributed by atoms with E-state index in [1.54, 1.807) is 48.5 Å². The van der Waals surface area contributed by atoms with Gasteiger partial charge < -0.3 is 9.47 Å². The Morgan fingerprint density at radius 2 is 1.53 bits per heavy atom. The molecule has 0 radical (unpaired) electrons. The number of carbonyl (C=O) groups excluding carboxylic acids is 2. The van der Waals surface area contributed by atoms with E-state index in [2.05, 4.69) is 23.1 Å². The van der Waals surface area contributed by atoms with Crippen LogP contribution in [0.3, 0.4) is 0 Å². The second-order valence-corrected chi connectivity index (χ2v) is 7.77. The molecule has 8 heteroatoms. The Morgan fingerprint density at radius 1 is 0.824 bits per heavy atom. The predicted octanol–water partition coefficient (Wildman–Crippen LogP) is 4.39. The highest BCUT2D eigenvalue weighted by Crippen LogP contribution is 2.19. The van der Waals surface area contributed by atoms with Gasteiger partial charge in [-0.2, -0.15) is 0 Å². The summed E-state index contributed by atoms with van der Waals surface area (Å²) in [6, 6.07) is 23.3. The molecular weight excluding hydrogens is 450 g/mol. The average molecular weight is 478 g/mol. The van der Waals surface area contributed by atoms with E-state index in [0.717, 1.165) is 18.4 Å². The molecule has 0 heterocycles. The molecule has 34 heavy (non-hydrogen) atoms. The second kappa shape index (κ2) is 13.0. The number of unbranched alkanes of at least 4 members (excludes halogenated alkanes) is 1. The molecule has 0 spiro atoms. The summed E-state index contributed by atoms with van der Waals surface area (Å²) in [5.41, 5.74) is 6.77. The van der Waals surface area contributed by atoms with Crippen LogP contribution in [0.2, 0.25) is 0 Å². The van der Waals surface area contributed by atoms with Gasteiger partial charge in [-0.3, -0.25) is 25.8 Å². The lowest BCUT2D eigenvalue weighted by molar-refractivity contribution is 0.0930. The number of hydrogen-bond donors (Lipinski definition) is 3. The number of rotatable bonds is 9. The number of carbonyl (C=O) groups is 2. The Morgan fingerprint density at radius 3 is 2.26 bits per heavy atom. The lowest BCUT2D eigenvalue weighted by Crippen LogP contribution is -2.48. The second-order valence-electron chi connectivity index (χ2n) is 7.36. The third kappa shape index (κ3) is 7.60. The molecule has 0 saturated heterocycles. The summed E-state index contributed by atoms with van der Waals surface area (Å²) in [6.45, 7) is 3.06. The van der Waals surface area contributed by atoms with Crippen molar-refractivity contribution in [2.45, 2.75) is 26.4 Å². The summed E-state index contributed by atoms with van der Waals surface area (Å²) in [5, 5.41) is 2.49. The molecule has 0 fully saturated rings. The van der Waals surface area contributed by atoms with Gasteiger partial charge in [-0.15, -0.1) is 0 Å². The van der Waals surface area contributed by atoms with E-state index in [1.807, 2.05) is 30.3 Å². The third-order valence-electron chi connectivity index (χ3n) is 4.77. The number of hydrazine groups is 1. The molecule has 0 atom stereocenters. The van der Waals surface area contributed by atoms with E-state index in [0.29, 0.717) is 35.8 Å². The maximum absolute atomic E-state index is 12.6. The van der Waals surface area contributed by atoms with Crippen molar-refractivity contribution in [3.05, 3.63) is 95.6 Å². The third-order valence-corrected chi connectivity index (χ3v) is 4.97. The van der Waals surface area contributed by atoms with Crippen LogP contribution in [0.1, 0.15) is 46.0 Å². The van der Waals surface area contributed by atoms with Gasteiger partial charge in [0.1, 0.15) is 18.1 Å². The van der Waals surface area contributed by atoms with Crippen molar-refractivity contribution in [3.63, 3.8) is 0 Å². The van der Waals surface area contributed by atoms with Crippen LogP contribution in [0.15, 0.2) is 78.9 Å². The zero-order chi connectivity index (χ0) is 24.2. The fraction of sp³-hybridized carbons (Fsp3) is 0.192. The molecule has 0 saturated carbocycles. The molecule has 2 amide bonds. The molecule has 0 bridgehead atoms. The van der Waals surface area contributed by atoms with Crippen molar-refractivity contribution < 1.29 is 19.1 Å². The number of ether oxygens (including phenoxy) is 2. The van der Waals surface area contributed by atoms with Gasteiger partial charge in [0, 0.05) is 5.56 Å². The topological polar surface area (TPSA) is 88.7 Å². The molecule has 0 aliphatic rings. The number of nitrogens with one attached hydrogen (secondary N) is 3. The first-order valence-corrected chi connectivity index (χ1v) is 11.4. The van der Waals surface area contributed by atoms with Crippen LogP contribution in [-0.4, -0.2) is 23.5 Å². The van der Waals surface area contributed by atoms with E-state index in [4.69, 9.17) is 21.7 Å². The van der Waals surface area contributed by atoms with Crippen molar-refractivity contribution in [1.82, 2.24) is 16.2 Å². The first-order valence-electron chi connectivity index (χ1n) is 11.0. The summed E-state index contributed by atoms with van der Waals surface area (Å²) in [7, 11) is 0. The summed E-state index contributed by atoms with van der Waals surface area (Å²) >= 11 is 5.13. The summed E-state index contributed by atoms with van der Waals surface area (Å²) < 4.78 is 11.4. The fourth-order valence-corrected chi connectivity index (χ4v) is 3.08. The maximum Gasteiger partial charge on any atom is 0.273 e. The summed E-state index contributed by atoms with van der Waals surface area (Å²) in [5.74, 6) is 0.278. The first-order chi connectivity index (χ1) is 16.6. The number of amides is 2. The van der Waals surface area contributed by atoms with Crippen LogP contribution in [0.25, 0.3) is 0 Å². The van der Waals surface area contributed by atoms with E-state index in [-0.39, 0.29) is 5.11 Å². The zero-order valence-electron chi connectivity index (χ0n) is 18.9. The Hall–Kier alpha value is -3.91. The van der Waals surface area contributed by atoms with Gasteiger partial charge >= 0.3 is 0 Å². The van der Waals surface area contributed by atoms with E-state index in [9.17, 15) is 9.59 Å². The molecule has 3 aromatic carbocycles. The van der Waals surface area contributed by atoms with Crippen LogP contribution in [-0.2, 0) is 6.61 Å². The molecule has 3 N–H and O–H groups in total. The SMILES string of the molecule is CCCCOc1ccc(C(=O)NC(=S)NNC(=O)c2ccccc2OCc2ccccc2)cc1. The summed E-state index contributed by atoms with van der Waals surface area (Å²) in [6.07, 6.45) is 2.02. The minimum Gasteiger partial charge on any atom is -0.494 e. The van der Waals surface area contributed by atoms with Crippen molar-refractivity contribution in [2.75, 3.05) is 6.61 Å². The highest BCUT2D eigenvalue weighted by Gasteiger charge is 2.14. The number of para-hydroxylation sites is 1. The van der Waals surface area contributed by atoms with E-state index >= 15 is 0 Å². The molecule has 176 valence electrons. The Labute approximate surface area is 204 Å². The molecule has 3 rings (SSSR count). The molecule has 7 nitrogen and oxygen atoms in total. The molecule has 3 aromatic rings. The Balaban J connectivity index is 1.49. The Kier molecular flexibility index (Phi) is 9.42. The van der Waals surface area contributed by atoms with E-state index < -0.39 is 11.8 Å². The zero-order valence-corrected chi connectivity index (χ0v) is 19.7. The molecular formula is C26H27N3O4S. The van der Waals surface area contributed by atoms with Crippen molar-refractivity contribution in [1.29, 1.82) is 0 Å². The number of benzene rings is 3. The first kappa shape index (κ1) is 24.7.